The fourth-order valence-electron chi connectivity index (χ4n) is 3.16. The summed E-state index contributed by atoms with van der Waals surface area (Å²) in [7, 11) is 1.83. The first kappa shape index (κ1) is 15.0. The van der Waals surface area contributed by atoms with Gasteiger partial charge in [-0.3, -0.25) is 9.89 Å². The first-order chi connectivity index (χ1) is 10.4. The lowest BCUT2D eigenvalue weighted by Crippen LogP contribution is -2.32. The monoisotopic (exact) mass is 307 g/mol. The molecule has 0 aromatic carbocycles. The van der Waals surface area contributed by atoms with Crippen LogP contribution >= 0.6 is 0 Å². The molecule has 0 aliphatic heterocycles. The van der Waals surface area contributed by atoms with Crippen LogP contribution in [0.15, 0.2) is 0 Å². The molecule has 0 atom stereocenters. The molecule has 1 fully saturated rings. The lowest BCUT2D eigenvalue weighted by atomic mass is 9.80. The van der Waals surface area contributed by atoms with E-state index in [9.17, 15) is 9.18 Å². The number of fused-ring (bicyclic) bond motifs is 1. The van der Waals surface area contributed by atoms with Crippen molar-refractivity contribution in [3.63, 3.8) is 0 Å². The van der Waals surface area contributed by atoms with Gasteiger partial charge in [-0.05, 0) is 39.0 Å². The Morgan fingerprint density at radius 2 is 2.18 bits per heavy atom. The van der Waals surface area contributed by atoms with Gasteiger partial charge in [0.1, 0.15) is 11.5 Å². The number of amides is 1. The van der Waals surface area contributed by atoms with Crippen LogP contribution in [-0.4, -0.2) is 31.6 Å². The van der Waals surface area contributed by atoms with Crippen molar-refractivity contribution in [2.45, 2.75) is 51.6 Å². The van der Waals surface area contributed by atoms with E-state index in [1.807, 2.05) is 14.0 Å². The molecule has 2 aromatic rings. The van der Waals surface area contributed by atoms with Crippen molar-refractivity contribution in [2.24, 2.45) is 13.0 Å². The van der Waals surface area contributed by atoms with Crippen LogP contribution in [0, 0.1) is 5.92 Å². The van der Waals surface area contributed by atoms with Gasteiger partial charge in [-0.2, -0.15) is 10.2 Å². The van der Waals surface area contributed by atoms with E-state index in [4.69, 9.17) is 0 Å². The molecule has 0 radical (unpaired) electrons. The number of aryl methyl sites for hydroxylation is 2. The molecule has 1 aliphatic rings. The van der Waals surface area contributed by atoms with Gasteiger partial charge in [0.15, 0.2) is 5.65 Å². The maximum atomic E-state index is 13.8. The average molecular weight is 307 g/mol. The lowest BCUT2D eigenvalue weighted by Gasteiger charge is -2.30. The summed E-state index contributed by atoms with van der Waals surface area (Å²) in [6.07, 6.45) is 2.82. The summed E-state index contributed by atoms with van der Waals surface area (Å²) in [5.41, 5.74) is 0.505. The Labute approximate surface area is 128 Å². The third kappa shape index (κ3) is 2.60. The Bertz CT molecular complexity index is 692. The summed E-state index contributed by atoms with van der Waals surface area (Å²) < 4.78 is 15.5. The first-order valence-corrected chi connectivity index (χ1v) is 7.81. The number of halogens is 1. The summed E-state index contributed by atoms with van der Waals surface area (Å²) in [5.74, 6) is 0.398. The second-order valence-corrected chi connectivity index (χ2v) is 6.40. The van der Waals surface area contributed by atoms with Gasteiger partial charge in [0, 0.05) is 13.0 Å². The molecule has 7 heteroatoms. The maximum absolute atomic E-state index is 13.8. The smallest absolute Gasteiger partial charge is 0.228 e. The fraction of sp³-hybridized carbons (Fsp3) is 0.667. The van der Waals surface area contributed by atoms with Crippen LogP contribution in [0.4, 0.5) is 10.2 Å². The Morgan fingerprint density at radius 3 is 2.82 bits per heavy atom. The van der Waals surface area contributed by atoms with E-state index in [1.54, 1.807) is 11.6 Å². The fourth-order valence-corrected chi connectivity index (χ4v) is 3.16. The molecule has 1 amide bonds. The third-order valence-electron chi connectivity index (χ3n) is 4.60. The summed E-state index contributed by atoms with van der Waals surface area (Å²) in [6, 6.07) is 0. The van der Waals surface area contributed by atoms with Crippen molar-refractivity contribution in [3.8, 4) is 0 Å². The highest BCUT2D eigenvalue weighted by Gasteiger charge is 2.34. The van der Waals surface area contributed by atoms with E-state index in [-0.39, 0.29) is 11.8 Å². The molecule has 3 rings (SSSR count). The van der Waals surface area contributed by atoms with Crippen molar-refractivity contribution >= 4 is 22.8 Å². The van der Waals surface area contributed by atoms with Crippen LogP contribution in [0.25, 0.3) is 11.0 Å². The SMILES string of the molecule is CCc1nn(C)c2n[nH]c(NC(=O)C3CCC(C)(F)CC3)c12. The molecular formula is C15H22FN5O. The van der Waals surface area contributed by atoms with Crippen LogP contribution in [0.5, 0.6) is 0 Å². The number of carbonyl (C=O) groups excluding carboxylic acids is 1. The molecule has 0 spiro atoms. The zero-order chi connectivity index (χ0) is 15.9. The van der Waals surface area contributed by atoms with Gasteiger partial charge < -0.3 is 5.32 Å². The third-order valence-corrected chi connectivity index (χ3v) is 4.60. The van der Waals surface area contributed by atoms with Gasteiger partial charge in [0.25, 0.3) is 0 Å². The van der Waals surface area contributed by atoms with Gasteiger partial charge >= 0.3 is 0 Å². The highest BCUT2D eigenvalue weighted by molar-refractivity contribution is 6.00. The molecule has 2 aromatic heterocycles. The Morgan fingerprint density at radius 1 is 1.50 bits per heavy atom. The van der Waals surface area contributed by atoms with Gasteiger partial charge in [-0.15, -0.1) is 0 Å². The Balaban J connectivity index is 1.77. The minimum atomic E-state index is -1.13. The highest BCUT2D eigenvalue weighted by atomic mass is 19.1. The van der Waals surface area contributed by atoms with Crippen molar-refractivity contribution < 1.29 is 9.18 Å². The number of H-pyrrole nitrogens is 1. The summed E-state index contributed by atoms with van der Waals surface area (Å²) in [4.78, 5) is 12.4. The largest absolute Gasteiger partial charge is 0.310 e. The number of carbonyl (C=O) groups is 1. The zero-order valence-corrected chi connectivity index (χ0v) is 13.2. The van der Waals surface area contributed by atoms with Crippen LogP contribution in [0.3, 0.4) is 0 Å². The number of hydrogen-bond acceptors (Lipinski definition) is 3. The average Bonchev–Trinajstić information content (AvgIpc) is 3.01. The molecule has 2 heterocycles. The minimum Gasteiger partial charge on any atom is -0.310 e. The normalized spacial score (nSPS) is 25.5. The van der Waals surface area contributed by atoms with E-state index in [0.717, 1.165) is 23.1 Å². The number of alkyl halides is 1. The van der Waals surface area contributed by atoms with Crippen molar-refractivity contribution in [3.05, 3.63) is 5.69 Å². The predicted molar refractivity (Wildman–Crippen MR) is 82.3 cm³/mol. The number of aromatic nitrogens is 4. The maximum Gasteiger partial charge on any atom is 0.228 e. The van der Waals surface area contributed by atoms with Crippen LogP contribution in [-0.2, 0) is 18.3 Å². The summed E-state index contributed by atoms with van der Waals surface area (Å²) >= 11 is 0. The molecule has 6 nitrogen and oxygen atoms in total. The van der Waals surface area contributed by atoms with Crippen LogP contribution < -0.4 is 5.32 Å². The standard InChI is InChI=1S/C15H22FN5O/c1-4-10-11-12(18-19-13(11)21(3)20-10)17-14(22)9-5-7-15(2,16)8-6-9/h9H,4-8H2,1-3H3,(H2,17,18,19,22). The topological polar surface area (TPSA) is 75.6 Å². The summed E-state index contributed by atoms with van der Waals surface area (Å²) in [5, 5.41) is 15.3. The predicted octanol–water partition coefficient (Wildman–Crippen LogP) is 2.72. The molecule has 2 N–H and O–H groups in total. The summed E-state index contributed by atoms with van der Waals surface area (Å²) in [6.45, 7) is 3.63. The van der Waals surface area contributed by atoms with Crippen molar-refractivity contribution in [2.75, 3.05) is 5.32 Å². The Hall–Kier alpha value is -1.92. The van der Waals surface area contributed by atoms with Gasteiger partial charge in [-0.1, -0.05) is 6.92 Å². The van der Waals surface area contributed by atoms with E-state index in [1.165, 1.54) is 0 Å². The molecule has 22 heavy (non-hydrogen) atoms. The van der Waals surface area contributed by atoms with Crippen molar-refractivity contribution in [1.82, 2.24) is 20.0 Å². The number of nitrogens with one attached hydrogen (secondary N) is 2. The molecule has 1 aliphatic carbocycles. The number of aromatic amines is 1. The van der Waals surface area contributed by atoms with Gasteiger partial charge in [0.05, 0.1) is 11.1 Å². The van der Waals surface area contributed by atoms with E-state index >= 15 is 0 Å². The molecule has 0 saturated heterocycles. The van der Waals surface area contributed by atoms with E-state index in [0.29, 0.717) is 31.5 Å². The van der Waals surface area contributed by atoms with Crippen LogP contribution in [0.1, 0.15) is 45.2 Å². The Kier molecular flexibility index (Phi) is 3.66. The number of anilines is 1. The van der Waals surface area contributed by atoms with E-state index < -0.39 is 5.67 Å². The molecule has 1 saturated carbocycles. The zero-order valence-electron chi connectivity index (χ0n) is 13.2. The van der Waals surface area contributed by atoms with Crippen LogP contribution in [0.2, 0.25) is 0 Å². The molecule has 120 valence electrons. The minimum absolute atomic E-state index is 0.0630. The first-order valence-electron chi connectivity index (χ1n) is 7.81. The van der Waals surface area contributed by atoms with E-state index in [2.05, 4.69) is 20.6 Å². The second-order valence-electron chi connectivity index (χ2n) is 6.40. The quantitative estimate of drug-likeness (QED) is 0.915. The number of hydrogen-bond donors (Lipinski definition) is 2. The lowest BCUT2D eigenvalue weighted by molar-refractivity contribution is -0.121. The number of rotatable bonds is 3. The van der Waals surface area contributed by atoms with Gasteiger partial charge in [0.2, 0.25) is 5.91 Å². The number of nitrogens with zero attached hydrogens (tertiary/aromatic N) is 3. The second kappa shape index (κ2) is 5.37. The molecule has 0 unspecified atom stereocenters. The van der Waals surface area contributed by atoms with Crippen molar-refractivity contribution in [1.29, 1.82) is 0 Å². The highest BCUT2D eigenvalue weighted by Crippen LogP contribution is 2.35. The molecular weight excluding hydrogens is 285 g/mol. The van der Waals surface area contributed by atoms with Gasteiger partial charge in [-0.25, -0.2) is 9.07 Å². The molecule has 0 bridgehead atoms.